The Balaban J connectivity index is 1.81. The van der Waals surface area contributed by atoms with Crippen LogP contribution in [0.4, 0.5) is 10.1 Å². The lowest BCUT2D eigenvalue weighted by Crippen LogP contribution is -2.35. The number of amides is 1. The molecule has 0 spiro atoms. The van der Waals surface area contributed by atoms with Gasteiger partial charge in [-0.1, -0.05) is 30.3 Å². The van der Waals surface area contributed by atoms with E-state index < -0.39 is 40.4 Å². The summed E-state index contributed by atoms with van der Waals surface area (Å²) < 4.78 is 43.6. The molecular weight excluding hydrogens is 387 g/mol. The van der Waals surface area contributed by atoms with E-state index in [4.69, 9.17) is 4.74 Å². The second-order valence-electron chi connectivity index (χ2n) is 5.71. The van der Waals surface area contributed by atoms with Crippen molar-refractivity contribution in [1.82, 2.24) is 4.72 Å². The third-order valence-electron chi connectivity index (χ3n) is 3.45. The second kappa shape index (κ2) is 9.77. The van der Waals surface area contributed by atoms with E-state index in [2.05, 4.69) is 10.0 Å². The molecule has 2 N–H and O–H groups in total. The van der Waals surface area contributed by atoms with Gasteiger partial charge in [0.25, 0.3) is 5.91 Å². The van der Waals surface area contributed by atoms with Crippen LogP contribution in [0.15, 0.2) is 60.0 Å². The summed E-state index contributed by atoms with van der Waals surface area (Å²) >= 11 is 0. The number of halogens is 1. The molecule has 0 fully saturated rings. The monoisotopic (exact) mass is 406 g/mol. The lowest BCUT2D eigenvalue weighted by atomic mass is 10.2. The van der Waals surface area contributed by atoms with Gasteiger partial charge in [-0.15, -0.1) is 0 Å². The standard InChI is InChI=1S/C19H19FN2O5S/c1-14(19(24)22-17-9-7-16(20)8-10-17)27-18(23)13-21-28(25,26)12-11-15-5-3-2-4-6-15/h2-12,14,21H,13H2,1H3,(H,22,24)/b12-11+/t14-/m0/s1. The minimum absolute atomic E-state index is 0.334. The molecule has 7 nitrogen and oxygen atoms in total. The molecular formula is C19H19FN2O5S. The SMILES string of the molecule is C[C@H](OC(=O)CNS(=O)(=O)/C=C/c1ccccc1)C(=O)Nc1ccc(F)cc1. The fourth-order valence-electron chi connectivity index (χ4n) is 2.01. The normalized spacial score (nSPS) is 12.5. The highest BCUT2D eigenvalue weighted by Crippen LogP contribution is 2.09. The Morgan fingerprint density at radius 3 is 2.39 bits per heavy atom. The van der Waals surface area contributed by atoms with E-state index in [9.17, 15) is 22.4 Å². The molecule has 0 radical (unpaired) electrons. The summed E-state index contributed by atoms with van der Waals surface area (Å²) in [6.45, 7) is 0.705. The lowest BCUT2D eigenvalue weighted by molar-refractivity contribution is -0.151. The van der Waals surface area contributed by atoms with Crippen LogP contribution in [0, 0.1) is 5.82 Å². The summed E-state index contributed by atoms with van der Waals surface area (Å²) in [6.07, 6.45) is 0.216. The number of benzene rings is 2. The average Bonchev–Trinajstić information content (AvgIpc) is 2.67. The van der Waals surface area contributed by atoms with Gasteiger partial charge >= 0.3 is 5.97 Å². The maximum atomic E-state index is 12.8. The Kier molecular flexibility index (Phi) is 7.42. The molecule has 0 saturated heterocycles. The number of carbonyl (C=O) groups is 2. The number of sulfonamides is 1. The molecule has 0 heterocycles. The number of esters is 1. The Morgan fingerprint density at radius 2 is 1.75 bits per heavy atom. The van der Waals surface area contributed by atoms with Crippen LogP contribution in [0.2, 0.25) is 0 Å². The summed E-state index contributed by atoms with van der Waals surface area (Å²) in [5.74, 6) is -2.00. The zero-order valence-electron chi connectivity index (χ0n) is 15.0. The number of anilines is 1. The minimum Gasteiger partial charge on any atom is -0.452 e. The van der Waals surface area contributed by atoms with E-state index >= 15 is 0 Å². The molecule has 2 aromatic rings. The number of nitrogens with one attached hydrogen (secondary N) is 2. The Bertz CT molecular complexity index is 944. The van der Waals surface area contributed by atoms with E-state index in [0.717, 1.165) is 5.41 Å². The Hall–Kier alpha value is -3.04. The molecule has 0 bridgehead atoms. The summed E-state index contributed by atoms with van der Waals surface area (Å²) in [4.78, 5) is 23.7. The van der Waals surface area contributed by atoms with Crippen molar-refractivity contribution >= 4 is 33.7 Å². The predicted octanol–water partition coefficient (Wildman–Crippen LogP) is 2.29. The summed E-state index contributed by atoms with van der Waals surface area (Å²) in [7, 11) is -3.85. The van der Waals surface area contributed by atoms with Gasteiger partial charge in [-0.3, -0.25) is 9.59 Å². The van der Waals surface area contributed by atoms with Gasteiger partial charge in [0.15, 0.2) is 6.10 Å². The van der Waals surface area contributed by atoms with Crippen molar-refractivity contribution in [2.75, 3.05) is 11.9 Å². The zero-order valence-corrected chi connectivity index (χ0v) is 15.8. The summed E-state index contributed by atoms with van der Waals surface area (Å²) in [5.41, 5.74) is 1.02. The number of rotatable bonds is 8. The van der Waals surface area contributed by atoms with Crippen LogP contribution >= 0.6 is 0 Å². The van der Waals surface area contributed by atoms with Crippen LogP contribution in [-0.4, -0.2) is 32.9 Å². The fraction of sp³-hybridized carbons (Fsp3) is 0.158. The van der Waals surface area contributed by atoms with E-state index in [1.165, 1.54) is 37.3 Å². The van der Waals surface area contributed by atoms with Crippen molar-refractivity contribution in [3.63, 3.8) is 0 Å². The van der Waals surface area contributed by atoms with Crippen molar-refractivity contribution in [1.29, 1.82) is 0 Å². The maximum Gasteiger partial charge on any atom is 0.321 e. The zero-order chi connectivity index (χ0) is 20.6. The quantitative estimate of drug-likeness (QED) is 0.655. The van der Waals surface area contributed by atoms with E-state index in [1.807, 2.05) is 0 Å². The number of hydrogen-bond acceptors (Lipinski definition) is 5. The van der Waals surface area contributed by atoms with Gasteiger partial charge in [0.2, 0.25) is 10.0 Å². The fourth-order valence-corrected chi connectivity index (χ4v) is 2.76. The third-order valence-corrected chi connectivity index (χ3v) is 4.49. The van der Waals surface area contributed by atoms with Crippen molar-refractivity contribution < 1.29 is 27.1 Å². The molecule has 28 heavy (non-hydrogen) atoms. The van der Waals surface area contributed by atoms with Crippen LogP contribution in [0.25, 0.3) is 6.08 Å². The first-order valence-electron chi connectivity index (χ1n) is 8.24. The molecule has 1 atom stereocenters. The van der Waals surface area contributed by atoms with Crippen LogP contribution in [0.5, 0.6) is 0 Å². The highest BCUT2D eigenvalue weighted by atomic mass is 32.2. The van der Waals surface area contributed by atoms with Crippen molar-refractivity contribution in [3.8, 4) is 0 Å². The van der Waals surface area contributed by atoms with Crippen LogP contribution in [0.3, 0.4) is 0 Å². The summed E-state index contributed by atoms with van der Waals surface area (Å²) in [5, 5.41) is 3.38. The van der Waals surface area contributed by atoms with Crippen LogP contribution in [0.1, 0.15) is 12.5 Å². The molecule has 2 aromatic carbocycles. The van der Waals surface area contributed by atoms with Gasteiger partial charge in [0, 0.05) is 11.1 Å². The van der Waals surface area contributed by atoms with Crippen molar-refractivity contribution in [2.45, 2.75) is 13.0 Å². The van der Waals surface area contributed by atoms with Gasteiger partial charge in [0.1, 0.15) is 12.4 Å². The molecule has 0 aromatic heterocycles. The van der Waals surface area contributed by atoms with Gasteiger partial charge in [-0.05, 0) is 42.8 Å². The average molecular weight is 406 g/mol. The smallest absolute Gasteiger partial charge is 0.321 e. The van der Waals surface area contributed by atoms with E-state index in [-0.39, 0.29) is 0 Å². The highest BCUT2D eigenvalue weighted by Gasteiger charge is 2.19. The number of hydrogen-bond donors (Lipinski definition) is 2. The molecule has 0 unspecified atom stereocenters. The second-order valence-corrected chi connectivity index (χ2v) is 7.36. The Morgan fingerprint density at radius 1 is 1.11 bits per heavy atom. The maximum absolute atomic E-state index is 12.8. The molecule has 0 aliphatic heterocycles. The largest absolute Gasteiger partial charge is 0.452 e. The molecule has 0 aliphatic carbocycles. The van der Waals surface area contributed by atoms with Gasteiger partial charge in [-0.2, -0.15) is 0 Å². The molecule has 0 aliphatic rings. The molecule has 9 heteroatoms. The van der Waals surface area contributed by atoms with Gasteiger partial charge < -0.3 is 10.1 Å². The first-order valence-corrected chi connectivity index (χ1v) is 9.78. The molecule has 148 valence electrons. The van der Waals surface area contributed by atoms with E-state index in [0.29, 0.717) is 11.3 Å². The number of carbonyl (C=O) groups excluding carboxylic acids is 2. The predicted molar refractivity (Wildman–Crippen MR) is 103 cm³/mol. The van der Waals surface area contributed by atoms with Crippen molar-refractivity contribution in [2.24, 2.45) is 0 Å². The molecule has 2 rings (SSSR count). The van der Waals surface area contributed by atoms with Crippen molar-refractivity contribution in [3.05, 3.63) is 71.4 Å². The first-order chi connectivity index (χ1) is 13.2. The Labute approximate surface area is 162 Å². The lowest BCUT2D eigenvalue weighted by Gasteiger charge is -2.13. The van der Waals surface area contributed by atoms with Gasteiger partial charge in [-0.25, -0.2) is 17.5 Å². The highest BCUT2D eigenvalue weighted by molar-refractivity contribution is 7.92. The van der Waals surface area contributed by atoms with Crippen LogP contribution < -0.4 is 10.0 Å². The first kappa shape index (κ1) is 21.3. The third kappa shape index (κ3) is 7.29. The number of ether oxygens (including phenoxy) is 1. The van der Waals surface area contributed by atoms with Gasteiger partial charge in [0.05, 0.1) is 0 Å². The van der Waals surface area contributed by atoms with E-state index in [1.54, 1.807) is 30.3 Å². The topological polar surface area (TPSA) is 102 Å². The molecule has 0 saturated carbocycles. The summed E-state index contributed by atoms with van der Waals surface area (Å²) in [6, 6.07) is 13.8. The molecule has 1 amide bonds. The van der Waals surface area contributed by atoms with Crippen LogP contribution in [-0.2, 0) is 24.3 Å². The minimum atomic E-state index is -3.85.